The van der Waals surface area contributed by atoms with E-state index in [1.54, 1.807) is 30.6 Å². The van der Waals surface area contributed by atoms with Crippen LogP contribution in [0.15, 0.2) is 55.0 Å². The van der Waals surface area contributed by atoms with Gasteiger partial charge in [0.2, 0.25) is 0 Å². The minimum Gasteiger partial charge on any atom is -0.457 e. The van der Waals surface area contributed by atoms with Crippen LogP contribution in [0.2, 0.25) is 0 Å². The number of methoxy groups -OCH3 is 1. The molecule has 0 bridgehead atoms. The maximum absolute atomic E-state index is 12.3. The smallest absolute Gasteiger partial charge is 0.276 e. The number of aromatic nitrogens is 2. The first kappa shape index (κ1) is 18.8. The molecule has 0 radical (unpaired) electrons. The van der Waals surface area contributed by atoms with Gasteiger partial charge in [-0.3, -0.25) is 14.8 Å². The van der Waals surface area contributed by atoms with Crippen molar-refractivity contribution in [1.82, 2.24) is 15.4 Å². The molecule has 7 heteroatoms. The molecule has 3 rings (SSSR count). The topological polar surface area (TPSA) is 82.6 Å². The Balaban J connectivity index is 1.74. The van der Waals surface area contributed by atoms with E-state index < -0.39 is 6.29 Å². The first-order chi connectivity index (χ1) is 13.2. The summed E-state index contributed by atoms with van der Waals surface area (Å²) >= 11 is 0. The van der Waals surface area contributed by atoms with Crippen LogP contribution in [-0.2, 0) is 9.57 Å². The number of hydrogen-bond donors (Lipinski definition) is 1. The first-order valence-corrected chi connectivity index (χ1v) is 8.66. The zero-order valence-corrected chi connectivity index (χ0v) is 15.2. The zero-order chi connectivity index (χ0) is 19.1. The van der Waals surface area contributed by atoms with Crippen molar-refractivity contribution in [2.45, 2.75) is 26.1 Å². The van der Waals surface area contributed by atoms with Gasteiger partial charge in [0.05, 0.1) is 11.1 Å². The molecule has 0 saturated heterocycles. The first-order valence-electron chi connectivity index (χ1n) is 8.66. The summed E-state index contributed by atoms with van der Waals surface area (Å²) in [5, 5.41) is 0.783. The maximum Gasteiger partial charge on any atom is 0.276 e. The highest BCUT2D eigenvalue weighted by atomic mass is 16.8. The highest BCUT2D eigenvalue weighted by molar-refractivity contribution is 5.96. The van der Waals surface area contributed by atoms with Crippen LogP contribution >= 0.6 is 0 Å². The summed E-state index contributed by atoms with van der Waals surface area (Å²) in [6, 6.07) is 10.8. The van der Waals surface area contributed by atoms with E-state index in [2.05, 4.69) is 15.4 Å². The lowest BCUT2D eigenvalue weighted by atomic mass is 10.1. The molecule has 0 aliphatic heterocycles. The molecule has 1 unspecified atom stereocenters. The number of hydrogen-bond acceptors (Lipinski definition) is 6. The molecule has 0 spiro atoms. The fourth-order valence-electron chi connectivity index (χ4n) is 2.48. The number of nitrogens with one attached hydrogen (secondary N) is 1. The Bertz CT molecular complexity index is 902. The van der Waals surface area contributed by atoms with E-state index in [-0.39, 0.29) is 5.91 Å². The lowest BCUT2D eigenvalue weighted by Gasteiger charge is -2.15. The summed E-state index contributed by atoms with van der Waals surface area (Å²) in [5.41, 5.74) is 3.56. The molecule has 27 heavy (non-hydrogen) atoms. The third-order valence-corrected chi connectivity index (χ3v) is 3.87. The van der Waals surface area contributed by atoms with Gasteiger partial charge in [-0.2, -0.15) is 0 Å². The van der Waals surface area contributed by atoms with E-state index in [0.717, 1.165) is 17.3 Å². The standard InChI is InChI=1S/C20H21N3O4/c1-3-4-19(25-2)27-23-20(24)15-11-14-12-17(5-6-18(14)22-13-15)26-16-7-9-21-10-8-16/h5-13,19H,3-4H2,1-2H3,(H,23,24). The van der Waals surface area contributed by atoms with Gasteiger partial charge in [0, 0.05) is 37.5 Å². The summed E-state index contributed by atoms with van der Waals surface area (Å²) in [6.45, 7) is 2.01. The highest BCUT2D eigenvalue weighted by Crippen LogP contribution is 2.25. The second-order valence-corrected chi connectivity index (χ2v) is 5.87. The quantitative estimate of drug-likeness (QED) is 0.481. The number of carbonyl (C=O) groups is 1. The fraction of sp³-hybridized carbons (Fsp3) is 0.250. The van der Waals surface area contributed by atoms with Crippen LogP contribution in [0.3, 0.4) is 0 Å². The molecule has 1 amide bonds. The number of amides is 1. The van der Waals surface area contributed by atoms with E-state index in [1.165, 1.54) is 13.3 Å². The van der Waals surface area contributed by atoms with E-state index in [0.29, 0.717) is 23.5 Å². The minimum absolute atomic E-state index is 0.384. The highest BCUT2D eigenvalue weighted by Gasteiger charge is 2.12. The molecule has 1 N–H and O–H groups in total. The molecule has 2 aromatic heterocycles. The van der Waals surface area contributed by atoms with Crippen molar-refractivity contribution in [2.24, 2.45) is 0 Å². The van der Waals surface area contributed by atoms with Crippen LogP contribution in [0, 0.1) is 0 Å². The van der Waals surface area contributed by atoms with E-state index in [4.69, 9.17) is 14.3 Å². The molecule has 140 valence electrons. The summed E-state index contributed by atoms with van der Waals surface area (Å²) < 4.78 is 10.9. The molecule has 0 saturated carbocycles. The van der Waals surface area contributed by atoms with E-state index in [1.807, 2.05) is 25.1 Å². The van der Waals surface area contributed by atoms with Crippen LogP contribution in [0.25, 0.3) is 10.9 Å². The molecule has 0 fully saturated rings. The molecular weight excluding hydrogens is 346 g/mol. The molecule has 7 nitrogen and oxygen atoms in total. The molecular formula is C20H21N3O4. The second-order valence-electron chi connectivity index (χ2n) is 5.87. The third-order valence-electron chi connectivity index (χ3n) is 3.87. The largest absolute Gasteiger partial charge is 0.457 e. The number of fused-ring (bicyclic) bond motifs is 1. The normalized spacial score (nSPS) is 11.9. The average molecular weight is 367 g/mol. The van der Waals surface area contributed by atoms with Crippen molar-refractivity contribution in [3.8, 4) is 11.5 Å². The molecule has 0 aliphatic carbocycles. The Labute approximate surface area is 157 Å². The molecule has 1 atom stereocenters. The fourth-order valence-corrected chi connectivity index (χ4v) is 2.48. The lowest BCUT2D eigenvalue weighted by molar-refractivity contribution is -0.157. The third kappa shape index (κ3) is 4.99. The van der Waals surface area contributed by atoms with Crippen molar-refractivity contribution >= 4 is 16.8 Å². The summed E-state index contributed by atoms with van der Waals surface area (Å²) in [6.07, 6.45) is 5.91. The van der Waals surface area contributed by atoms with Crippen molar-refractivity contribution in [2.75, 3.05) is 7.11 Å². The number of nitrogens with zero attached hydrogens (tertiary/aromatic N) is 2. The Hall–Kier alpha value is -3.03. The van der Waals surface area contributed by atoms with Crippen molar-refractivity contribution in [3.05, 3.63) is 60.6 Å². The van der Waals surface area contributed by atoms with Crippen molar-refractivity contribution in [3.63, 3.8) is 0 Å². The minimum atomic E-state index is -0.479. The van der Waals surface area contributed by atoms with Crippen LogP contribution < -0.4 is 10.2 Å². The van der Waals surface area contributed by atoms with Gasteiger partial charge in [-0.25, -0.2) is 10.3 Å². The van der Waals surface area contributed by atoms with Gasteiger partial charge in [0.1, 0.15) is 11.5 Å². The van der Waals surface area contributed by atoms with Gasteiger partial charge in [0.25, 0.3) is 5.91 Å². The second kappa shape index (κ2) is 9.07. The Kier molecular flexibility index (Phi) is 6.30. The van der Waals surface area contributed by atoms with E-state index in [9.17, 15) is 4.79 Å². The zero-order valence-electron chi connectivity index (χ0n) is 15.2. The number of ether oxygens (including phenoxy) is 2. The number of pyridine rings is 2. The number of rotatable bonds is 8. The van der Waals surface area contributed by atoms with Crippen LogP contribution in [0.4, 0.5) is 0 Å². The van der Waals surface area contributed by atoms with Gasteiger partial charge in [0.15, 0.2) is 6.29 Å². The molecule has 2 heterocycles. The molecule has 1 aromatic carbocycles. The van der Waals surface area contributed by atoms with Crippen molar-refractivity contribution in [1.29, 1.82) is 0 Å². The van der Waals surface area contributed by atoms with Crippen molar-refractivity contribution < 1.29 is 19.1 Å². The maximum atomic E-state index is 12.3. The predicted octanol–water partition coefficient (Wildman–Crippen LogP) is 3.86. The SMILES string of the molecule is CCCC(OC)ONC(=O)c1cnc2ccc(Oc3ccncc3)cc2c1. The Morgan fingerprint density at radius 2 is 1.96 bits per heavy atom. The molecule has 3 aromatic rings. The monoisotopic (exact) mass is 367 g/mol. The van der Waals surface area contributed by atoms with Gasteiger partial charge < -0.3 is 9.47 Å². The van der Waals surface area contributed by atoms with Crippen LogP contribution in [-0.4, -0.2) is 29.3 Å². The van der Waals surface area contributed by atoms with Gasteiger partial charge in [-0.05, 0) is 36.4 Å². The number of benzene rings is 1. The Morgan fingerprint density at radius 3 is 2.70 bits per heavy atom. The summed E-state index contributed by atoms with van der Waals surface area (Å²) in [4.78, 5) is 25.9. The molecule has 0 aliphatic rings. The number of carbonyl (C=O) groups excluding carboxylic acids is 1. The Morgan fingerprint density at radius 1 is 1.15 bits per heavy atom. The lowest BCUT2D eigenvalue weighted by Crippen LogP contribution is -2.30. The predicted molar refractivity (Wildman–Crippen MR) is 100 cm³/mol. The van der Waals surface area contributed by atoms with Gasteiger partial charge >= 0.3 is 0 Å². The van der Waals surface area contributed by atoms with E-state index >= 15 is 0 Å². The van der Waals surface area contributed by atoms with Gasteiger partial charge in [-0.1, -0.05) is 13.3 Å². The van der Waals surface area contributed by atoms with Crippen LogP contribution in [0.1, 0.15) is 30.1 Å². The summed E-state index contributed by atoms with van der Waals surface area (Å²) in [5.74, 6) is 0.941. The van der Waals surface area contributed by atoms with Gasteiger partial charge in [-0.15, -0.1) is 0 Å². The summed E-state index contributed by atoms with van der Waals surface area (Å²) in [7, 11) is 1.54. The number of hydroxylamine groups is 1. The average Bonchev–Trinajstić information content (AvgIpc) is 2.71. The van der Waals surface area contributed by atoms with Crippen LogP contribution in [0.5, 0.6) is 11.5 Å².